The number of alkyl halides is 1. The standard InChI is InChI=1S/C9H21BrN2O2S/c1-8(2)12(5)15(13,14)11-9(3,4)6-7-10/h8,11H,6-7H2,1-5H3. The van der Waals surface area contributed by atoms with Crippen molar-refractivity contribution in [1.29, 1.82) is 0 Å². The highest BCUT2D eigenvalue weighted by molar-refractivity contribution is 9.09. The predicted molar refractivity (Wildman–Crippen MR) is 67.4 cm³/mol. The Hall–Kier alpha value is 0.350. The van der Waals surface area contributed by atoms with Crippen LogP contribution in [0.5, 0.6) is 0 Å². The first-order valence-corrected chi connectivity index (χ1v) is 7.51. The van der Waals surface area contributed by atoms with Crippen LogP contribution >= 0.6 is 15.9 Å². The van der Waals surface area contributed by atoms with Gasteiger partial charge in [0, 0.05) is 24.0 Å². The first kappa shape index (κ1) is 15.3. The summed E-state index contributed by atoms with van der Waals surface area (Å²) in [4.78, 5) is 0. The molecule has 1 N–H and O–H groups in total. The second-order valence-electron chi connectivity index (χ2n) is 4.54. The van der Waals surface area contributed by atoms with Crippen molar-refractivity contribution in [3.05, 3.63) is 0 Å². The third-order valence-electron chi connectivity index (χ3n) is 2.23. The minimum absolute atomic E-state index is 0.0396. The molecule has 4 nitrogen and oxygen atoms in total. The molecule has 0 atom stereocenters. The van der Waals surface area contributed by atoms with Gasteiger partial charge in [0.1, 0.15) is 0 Å². The molecular weight excluding hydrogens is 280 g/mol. The average molecular weight is 301 g/mol. The molecule has 6 heteroatoms. The lowest BCUT2D eigenvalue weighted by atomic mass is 10.0. The van der Waals surface area contributed by atoms with Crippen molar-refractivity contribution < 1.29 is 8.42 Å². The van der Waals surface area contributed by atoms with Gasteiger partial charge in [-0.2, -0.15) is 17.4 Å². The first-order chi connectivity index (χ1) is 6.62. The van der Waals surface area contributed by atoms with Gasteiger partial charge in [0.2, 0.25) is 0 Å². The third-order valence-corrected chi connectivity index (χ3v) is 4.62. The Kier molecular flexibility index (Phi) is 5.74. The highest BCUT2D eigenvalue weighted by atomic mass is 79.9. The molecule has 0 aromatic heterocycles. The van der Waals surface area contributed by atoms with E-state index in [1.54, 1.807) is 7.05 Å². The Bertz CT molecular complexity index is 288. The molecule has 0 aromatic carbocycles. The normalized spacial score (nSPS) is 13.9. The average Bonchev–Trinajstić information content (AvgIpc) is 2.00. The van der Waals surface area contributed by atoms with Gasteiger partial charge in [-0.1, -0.05) is 15.9 Å². The predicted octanol–water partition coefficient (Wildman–Crippen LogP) is 1.72. The molecule has 0 spiro atoms. The minimum atomic E-state index is -3.38. The SMILES string of the molecule is CC(C)N(C)S(=O)(=O)NC(C)(C)CCBr. The van der Waals surface area contributed by atoms with Crippen LogP contribution in [-0.2, 0) is 10.2 Å². The van der Waals surface area contributed by atoms with Crippen LogP contribution in [0.1, 0.15) is 34.1 Å². The Morgan fingerprint density at radius 2 is 1.87 bits per heavy atom. The van der Waals surface area contributed by atoms with Crippen LogP contribution < -0.4 is 4.72 Å². The van der Waals surface area contributed by atoms with E-state index in [1.165, 1.54) is 4.31 Å². The summed E-state index contributed by atoms with van der Waals surface area (Å²) in [5, 5.41) is 0.772. The highest BCUT2D eigenvalue weighted by Gasteiger charge is 2.28. The number of nitrogens with one attached hydrogen (secondary N) is 1. The fourth-order valence-electron chi connectivity index (χ4n) is 0.986. The van der Waals surface area contributed by atoms with Crippen LogP contribution in [0.3, 0.4) is 0 Å². The van der Waals surface area contributed by atoms with Crippen molar-refractivity contribution in [2.45, 2.75) is 45.7 Å². The van der Waals surface area contributed by atoms with E-state index in [0.29, 0.717) is 0 Å². The summed E-state index contributed by atoms with van der Waals surface area (Å²) in [5.41, 5.74) is -0.425. The van der Waals surface area contributed by atoms with Crippen molar-refractivity contribution in [2.24, 2.45) is 0 Å². The fraction of sp³-hybridized carbons (Fsp3) is 1.00. The molecule has 0 heterocycles. The number of hydrogen-bond acceptors (Lipinski definition) is 2. The fourth-order valence-corrected chi connectivity index (χ4v) is 3.48. The Balaban J connectivity index is 4.65. The molecule has 0 aliphatic heterocycles. The Labute approximate surface area is 102 Å². The van der Waals surface area contributed by atoms with Crippen molar-refractivity contribution in [2.75, 3.05) is 12.4 Å². The van der Waals surface area contributed by atoms with Crippen LogP contribution in [-0.4, -0.2) is 36.7 Å². The van der Waals surface area contributed by atoms with E-state index in [-0.39, 0.29) is 6.04 Å². The lowest BCUT2D eigenvalue weighted by Gasteiger charge is -2.29. The first-order valence-electron chi connectivity index (χ1n) is 4.95. The summed E-state index contributed by atoms with van der Waals surface area (Å²) in [7, 11) is -1.80. The molecule has 0 aliphatic rings. The minimum Gasteiger partial charge on any atom is -0.197 e. The van der Waals surface area contributed by atoms with Gasteiger partial charge in [0.15, 0.2) is 0 Å². The van der Waals surface area contributed by atoms with Gasteiger partial charge in [-0.3, -0.25) is 0 Å². The summed E-state index contributed by atoms with van der Waals surface area (Å²) in [6, 6.07) is -0.0396. The number of halogens is 1. The van der Waals surface area contributed by atoms with Crippen LogP contribution in [0, 0.1) is 0 Å². The molecule has 0 rings (SSSR count). The topological polar surface area (TPSA) is 49.4 Å². The monoisotopic (exact) mass is 300 g/mol. The third kappa shape index (κ3) is 5.29. The van der Waals surface area contributed by atoms with Gasteiger partial charge in [0.05, 0.1) is 0 Å². The second-order valence-corrected chi connectivity index (χ2v) is 7.06. The van der Waals surface area contributed by atoms with Gasteiger partial charge < -0.3 is 0 Å². The van der Waals surface area contributed by atoms with Crippen LogP contribution in [0.2, 0.25) is 0 Å². The summed E-state index contributed by atoms with van der Waals surface area (Å²) < 4.78 is 27.7. The molecule has 0 unspecified atom stereocenters. The highest BCUT2D eigenvalue weighted by Crippen LogP contribution is 2.13. The molecule has 0 fully saturated rings. The van der Waals surface area contributed by atoms with Gasteiger partial charge in [0.25, 0.3) is 10.2 Å². The number of rotatable bonds is 6. The molecular formula is C9H21BrN2O2S. The molecule has 0 aliphatic carbocycles. The molecule has 0 radical (unpaired) electrons. The van der Waals surface area contributed by atoms with E-state index in [9.17, 15) is 8.42 Å². The quantitative estimate of drug-likeness (QED) is 0.760. The molecule has 15 heavy (non-hydrogen) atoms. The molecule has 0 saturated carbocycles. The largest absolute Gasteiger partial charge is 0.279 e. The van der Waals surface area contributed by atoms with E-state index in [1.807, 2.05) is 27.7 Å². The molecule has 0 bridgehead atoms. The van der Waals surface area contributed by atoms with Crippen LogP contribution in [0.4, 0.5) is 0 Å². The van der Waals surface area contributed by atoms with Crippen molar-refractivity contribution >= 4 is 26.1 Å². The molecule has 0 saturated heterocycles. The van der Waals surface area contributed by atoms with Crippen LogP contribution in [0.15, 0.2) is 0 Å². The van der Waals surface area contributed by atoms with E-state index in [0.717, 1.165) is 11.8 Å². The zero-order valence-electron chi connectivity index (χ0n) is 10.0. The van der Waals surface area contributed by atoms with Gasteiger partial charge in [-0.25, -0.2) is 0 Å². The molecule has 0 amide bonds. The maximum absolute atomic E-state index is 11.9. The van der Waals surface area contributed by atoms with Gasteiger partial charge in [-0.05, 0) is 34.1 Å². The maximum atomic E-state index is 11.9. The smallest absolute Gasteiger partial charge is 0.197 e. The zero-order valence-corrected chi connectivity index (χ0v) is 12.4. The van der Waals surface area contributed by atoms with Crippen LogP contribution in [0.25, 0.3) is 0 Å². The van der Waals surface area contributed by atoms with Gasteiger partial charge >= 0.3 is 0 Å². The number of hydrogen-bond donors (Lipinski definition) is 1. The number of nitrogens with zero attached hydrogens (tertiary/aromatic N) is 1. The van der Waals surface area contributed by atoms with E-state index in [4.69, 9.17) is 0 Å². The van der Waals surface area contributed by atoms with E-state index < -0.39 is 15.7 Å². The summed E-state index contributed by atoms with van der Waals surface area (Å²) in [6.07, 6.45) is 0.748. The van der Waals surface area contributed by atoms with E-state index in [2.05, 4.69) is 20.7 Å². The Morgan fingerprint density at radius 3 is 2.20 bits per heavy atom. The van der Waals surface area contributed by atoms with Crippen molar-refractivity contribution in [1.82, 2.24) is 9.03 Å². The van der Waals surface area contributed by atoms with Crippen molar-refractivity contribution in [3.8, 4) is 0 Å². The van der Waals surface area contributed by atoms with E-state index >= 15 is 0 Å². The summed E-state index contributed by atoms with van der Waals surface area (Å²) in [6.45, 7) is 7.44. The molecule has 92 valence electrons. The lowest BCUT2D eigenvalue weighted by Crippen LogP contribution is -2.51. The second kappa shape index (κ2) is 5.61. The molecule has 0 aromatic rings. The summed E-state index contributed by atoms with van der Waals surface area (Å²) in [5.74, 6) is 0. The zero-order chi connectivity index (χ0) is 12.3. The maximum Gasteiger partial charge on any atom is 0.279 e. The summed E-state index contributed by atoms with van der Waals surface area (Å²) >= 11 is 3.31. The Morgan fingerprint density at radius 1 is 1.40 bits per heavy atom. The van der Waals surface area contributed by atoms with Crippen molar-refractivity contribution in [3.63, 3.8) is 0 Å². The lowest BCUT2D eigenvalue weighted by molar-refractivity contribution is 0.372. The van der Waals surface area contributed by atoms with Gasteiger partial charge in [-0.15, -0.1) is 0 Å².